The summed E-state index contributed by atoms with van der Waals surface area (Å²) in [6, 6.07) is 0. The maximum absolute atomic E-state index is 12.4. The van der Waals surface area contributed by atoms with Gasteiger partial charge in [0.05, 0.1) is 17.7 Å². The number of hydrogen-bond donors (Lipinski definition) is 0. The van der Waals surface area contributed by atoms with Gasteiger partial charge in [-0.05, 0) is 34.6 Å². The van der Waals surface area contributed by atoms with Crippen LogP contribution in [0.15, 0.2) is 0 Å². The maximum atomic E-state index is 12.4. The largest absolute Gasteiger partial charge is 0.352 e. The summed E-state index contributed by atoms with van der Waals surface area (Å²) in [4.78, 5) is 12.4. The first kappa shape index (κ1) is 15.9. The lowest BCUT2D eigenvalue weighted by molar-refractivity contribution is -0.133. The van der Waals surface area contributed by atoms with Crippen molar-refractivity contribution in [2.45, 2.75) is 53.9 Å². The number of ketones is 1. The number of Topliss-reactive ketones (excluding diaryl/α,β-unsaturated/α-hetero) is 1. The lowest BCUT2D eigenvalue weighted by atomic mass is 10.1. The van der Waals surface area contributed by atoms with Crippen molar-refractivity contribution < 1.29 is 14.3 Å². The highest BCUT2D eigenvalue weighted by Gasteiger charge is 2.22. The molecule has 0 aromatic carbocycles. The van der Waals surface area contributed by atoms with Gasteiger partial charge in [0, 0.05) is 25.5 Å². The third-order valence-electron chi connectivity index (χ3n) is 3.02. The molecule has 108 valence electrons. The van der Waals surface area contributed by atoms with Gasteiger partial charge >= 0.3 is 0 Å². The lowest BCUT2D eigenvalue weighted by Crippen LogP contribution is -2.22. The summed E-state index contributed by atoms with van der Waals surface area (Å²) < 4.78 is 12.7. The SMILES string of the molecule is CCOC(CC(=O)c1c(C)nn(CC)c1C)OCC. The molecule has 0 saturated heterocycles. The topological polar surface area (TPSA) is 53.3 Å². The fourth-order valence-corrected chi connectivity index (χ4v) is 2.20. The van der Waals surface area contributed by atoms with Crippen molar-refractivity contribution in [2.24, 2.45) is 0 Å². The van der Waals surface area contributed by atoms with E-state index in [9.17, 15) is 4.79 Å². The molecule has 0 spiro atoms. The highest BCUT2D eigenvalue weighted by molar-refractivity contribution is 5.98. The van der Waals surface area contributed by atoms with Crippen LogP contribution in [0.5, 0.6) is 0 Å². The molecular weight excluding hydrogens is 244 g/mol. The number of carbonyl (C=O) groups is 1. The number of carbonyl (C=O) groups excluding carboxylic acids is 1. The molecule has 1 aromatic rings. The Morgan fingerprint density at radius 3 is 2.21 bits per heavy atom. The van der Waals surface area contributed by atoms with Crippen molar-refractivity contribution >= 4 is 5.78 Å². The Hall–Kier alpha value is -1.20. The second-order valence-corrected chi connectivity index (χ2v) is 4.33. The van der Waals surface area contributed by atoms with Crippen molar-refractivity contribution in [3.05, 3.63) is 17.0 Å². The van der Waals surface area contributed by atoms with E-state index in [0.29, 0.717) is 18.8 Å². The van der Waals surface area contributed by atoms with Crippen LogP contribution in [0.4, 0.5) is 0 Å². The predicted molar refractivity (Wildman–Crippen MR) is 73.4 cm³/mol. The number of aromatic nitrogens is 2. The van der Waals surface area contributed by atoms with Gasteiger partial charge in [-0.25, -0.2) is 0 Å². The van der Waals surface area contributed by atoms with Crippen molar-refractivity contribution in [3.8, 4) is 0 Å². The molecule has 0 aliphatic rings. The van der Waals surface area contributed by atoms with Gasteiger partial charge in [0.25, 0.3) is 0 Å². The Morgan fingerprint density at radius 1 is 1.21 bits per heavy atom. The minimum atomic E-state index is -0.466. The van der Waals surface area contributed by atoms with Crippen LogP contribution in [-0.4, -0.2) is 35.1 Å². The quantitative estimate of drug-likeness (QED) is 0.537. The van der Waals surface area contributed by atoms with Crippen LogP contribution < -0.4 is 0 Å². The number of hydrogen-bond acceptors (Lipinski definition) is 4. The second-order valence-electron chi connectivity index (χ2n) is 4.33. The molecule has 19 heavy (non-hydrogen) atoms. The van der Waals surface area contributed by atoms with Gasteiger partial charge in [0.2, 0.25) is 0 Å². The van der Waals surface area contributed by atoms with Crippen molar-refractivity contribution in [1.29, 1.82) is 0 Å². The van der Waals surface area contributed by atoms with Gasteiger partial charge in [0.15, 0.2) is 12.1 Å². The van der Waals surface area contributed by atoms with Gasteiger partial charge in [0.1, 0.15) is 0 Å². The fraction of sp³-hybridized carbons (Fsp3) is 0.714. The van der Waals surface area contributed by atoms with Crippen LogP contribution >= 0.6 is 0 Å². The average molecular weight is 268 g/mol. The van der Waals surface area contributed by atoms with Crippen LogP contribution in [0, 0.1) is 13.8 Å². The minimum Gasteiger partial charge on any atom is -0.352 e. The molecule has 0 aliphatic carbocycles. The molecule has 1 aromatic heterocycles. The summed E-state index contributed by atoms with van der Waals surface area (Å²) in [6.07, 6.45) is -0.232. The van der Waals surface area contributed by atoms with E-state index in [1.165, 1.54) is 0 Å². The molecule has 0 radical (unpaired) electrons. The van der Waals surface area contributed by atoms with Crippen LogP contribution in [0.3, 0.4) is 0 Å². The normalized spacial score (nSPS) is 11.3. The van der Waals surface area contributed by atoms with Crippen LogP contribution in [0.25, 0.3) is 0 Å². The molecule has 1 heterocycles. The third kappa shape index (κ3) is 3.88. The average Bonchev–Trinajstić information content (AvgIpc) is 2.64. The van der Waals surface area contributed by atoms with E-state index in [1.807, 2.05) is 39.3 Å². The Kier molecular flexibility index (Phi) is 6.18. The molecule has 5 heteroatoms. The summed E-state index contributed by atoms with van der Waals surface area (Å²) in [5, 5.41) is 4.36. The second kappa shape index (κ2) is 7.40. The molecule has 0 saturated carbocycles. The van der Waals surface area contributed by atoms with E-state index in [4.69, 9.17) is 9.47 Å². The third-order valence-corrected chi connectivity index (χ3v) is 3.02. The molecule has 1 rings (SSSR count). The Balaban J connectivity index is 2.84. The minimum absolute atomic E-state index is 0.0293. The molecule has 0 amide bonds. The number of nitrogens with zero attached hydrogens (tertiary/aromatic N) is 2. The van der Waals surface area contributed by atoms with Crippen molar-refractivity contribution in [3.63, 3.8) is 0 Å². The summed E-state index contributed by atoms with van der Waals surface area (Å²) in [5.41, 5.74) is 2.39. The fourth-order valence-electron chi connectivity index (χ4n) is 2.20. The first-order valence-corrected chi connectivity index (χ1v) is 6.85. The lowest BCUT2D eigenvalue weighted by Gasteiger charge is -2.16. The van der Waals surface area contributed by atoms with E-state index in [-0.39, 0.29) is 12.2 Å². The van der Waals surface area contributed by atoms with Crippen molar-refractivity contribution in [2.75, 3.05) is 13.2 Å². The highest BCUT2D eigenvalue weighted by Crippen LogP contribution is 2.17. The van der Waals surface area contributed by atoms with Crippen LogP contribution in [-0.2, 0) is 16.0 Å². The van der Waals surface area contributed by atoms with E-state index < -0.39 is 6.29 Å². The Morgan fingerprint density at radius 2 is 1.79 bits per heavy atom. The Labute approximate surface area is 114 Å². The van der Waals surface area contributed by atoms with E-state index in [2.05, 4.69) is 5.10 Å². The molecular formula is C14H24N2O3. The number of aryl methyl sites for hydroxylation is 2. The zero-order valence-electron chi connectivity index (χ0n) is 12.5. The summed E-state index contributed by atoms with van der Waals surface area (Å²) >= 11 is 0. The van der Waals surface area contributed by atoms with E-state index in [1.54, 1.807) is 0 Å². The zero-order chi connectivity index (χ0) is 14.4. The van der Waals surface area contributed by atoms with Crippen LogP contribution in [0.1, 0.15) is 48.9 Å². The summed E-state index contributed by atoms with van der Waals surface area (Å²) in [7, 11) is 0. The maximum Gasteiger partial charge on any atom is 0.171 e. The molecule has 0 bridgehead atoms. The van der Waals surface area contributed by atoms with Gasteiger partial charge in [-0.1, -0.05) is 0 Å². The smallest absolute Gasteiger partial charge is 0.171 e. The van der Waals surface area contributed by atoms with Gasteiger partial charge in [-0.3, -0.25) is 9.48 Å². The molecule has 5 nitrogen and oxygen atoms in total. The van der Waals surface area contributed by atoms with Crippen molar-refractivity contribution in [1.82, 2.24) is 9.78 Å². The van der Waals surface area contributed by atoms with Gasteiger partial charge < -0.3 is 9.47 Å². The summed E-state index contributed by atoms with van der Waals surface area (Å²) in [6.45, 7) is 11.4. The van der Waals surface area contributed by atoms with Crippen LogP contribution in [0.2, 0.25) is 0 Å². The van der Waals surface area contributed by atoms with E-state index >= 15 is 0 Å². The summed E-state index contributed by atoms with van der Waals surface area (Å²) in [5.74, 6) is 0.0293. The first-order valence-electron chi connectivity index (χ1n) is 6.85. The highest BCUT2D eigenvalue weighted by atomic mass is 16.7. The van der Waals surface area contributed by atoms with Gasteiger partial charge in [-0.15, -0.1) is 0 Å². The Bertz CT molecular complexity index is 421. The standard InChI is InChI=1S/C14H24N2O3/c1-6-16-11(5)14(10(4)15-16)12(17)9-13(18-7-2)19-8-3/h13H,6-9H2,1-5H3. The van der Waals surface area contributed by atoms with Gasteiger partial charge in [-0.2, -0.15) is 5.10 Å². The number of ether oxygens (including phenoxy) is 2. The zero-order valence-corrected chi connectivity index (χ0v) is 12.5. The molecule has 0 aliphatic heterocycles. The molecule has 0 fully saturated rings. The monoisotopic (exact) mass is 268 g/mol. The van der Waals surface area contributed by atoms with E-state index in [0.717, 1.165) is 17.9 Å². The predicted octanol–water partition coefficient (Wildman–Crippen LogP) is 2.49. The molecule has 0 N–H and O–H groups in total. The molecule has 0 atom stereocenters. The molecule has 0 unspecified atom stereocenters. The first-order chi connectivity index (χ1) is 9.04. The number of rotatable bonds is 8.